The number of nitrogens with one attached hydrogen (secondary N) is 1. The third kappa shape index (κ3) is 3.24. The zero-order valence-corrected chi connectivity index (χ0v) is 16.9. The van der Waals surface area contributed by atoms with Crippen molar-refractivity contribution in [1.29, 1.82) is 0 Å². The van der Waals surface area contributed by atoms with Crippen molar-refractivity contribution >= 4 is 28.7 Å². The fourth-order valence-electron chi connectivity index (χ4n) is 3.83. The Kier molecular flexibility index (Phi) is 4.32. The number of anilines is 1. The second-order valence-electron chi connectivity index (χ2n) is 7.62. The van der Waals surface area contributed by atoms with Crippen LogP contribution in [-0.4, -0.2) is 36.8 Å². The number of hydrogen-bond acceptors (Lipinski definition) is 6. The van der Waals surface area contributed by atoms with Gasteiger partial charge in [-0.05, 0) is 56.5 Å². The molecule has 0 atom stereocenters. The number of carbonyl (C=O) groups excluding carboxylic acids is 1. The minimum atomic E-state index is -1.11. The number of carboxylic acid groups (broad SMARTS) is 1. The summed E-state index contributed by atoms with van der Waals surface area (Å²) in [5.41, 5.74) is 3.59. The molecule has 3 heterocycles. The van der Waals surface area contributed by atoms with Crippen molar-refractivity contribution in [3.8, 4) is 11.1 Å². The average molecular weight is 417 g/mol. The molecule has 1 aliphatic rings. The molecule has 0 aliphatic heterocycles. The van der Waals surface area contributed by atoms with Gasteiger partial charge in [0.1, 0.15) is 22.8 Å². The van der Waals surface area contributed by atoms with Crippen molar-refractivity contribution in [2.45, 2.75) is 32.6 Å². The summed E-state index contributed by atoms with van der Waals surface area (Å²) in [4.78, 5) is 33.6. The lowest BCUT2D eigenvalue weighted by Crippen LogP contribution is -2.14. The Labute approximate surface area is 176 Å². The topological polar surface area (TPSA) is 123 Å². The molecule has 2 N–H and O–H groups in total. The Morgan fingerprint density at radius 2 is 2.03 bits per heavy atom. The zero-order valence-electron chi connectivity index (χ0n) is 16.9. The van der Waals surface area contributed by atoms with Crippen LogP contribution in [0, 0.1) is 13.8 Å². The number of fused-ring (bicyclic) bond motifs is 1. The van der Waals surface area contributed by atoms with Crippen LogP contribution in [0.4, 0.5) is 10.5 Å². The lowest BCUT2D eigenvalue weighted by atomic mass is 10.0. The molecule has 9 heteroatoms. The number of carbonyl (C=O) groups is 2. The highest BCUT2D eigenvalue weighted by Crippen LogP contribution is 2.42. The van der Waals surface area contributed by atoms with Gasteiger partial charge in [-0.2, -0.15) is 0 Å². The van der Waals surface area contributed by atoms with Crippen molar-refractivity contribution in [3.05, 3.63) is 59.5 Å². The number of rotatable bonds is 4. The molecular weight excluding hydrogens is 398 g/mol. The molecule has 1 aliphatic carbocycles. The van der Waals surface area contributed by atoms with Crippen LogP contribution < -0.4 is 5.32 Å². The SMILES string of the molecule is Cc1noc(C)c1-c1cc(NC(=O)c2ccccn2)c2nc(C3CC3)n(C(=O)O)c2c1. The molecule has 0 radical (unpaired) electrons. The maximum absolute atomic E-state index is 12.8. The molecule has 1 saturated carbocycles. The summed E-state index contributed by atoms with van der Waals surface area (Å²) < 4.78 is 6.51. The summed E-state index contributed by atoms with van der Waals surface area (Å²) in [6, 6.07) is 8.58. The standard InChI is InChI=1S/C22H19N5O4/c1-11-18(12(2)31-26-11)14-9-16(24-21(28)15-5-3-4-8-23-15)19-17(10-14)27(22(29)30)20(25-19)13-6-7-13/h3-5,8-10,13H,6-7H2,1-2H3,(H,24,28)(H,29,30). The average Bonchev–Trinajstić information content (AvgIpc) is 3.44. The molecule has 1 aromatic carbocycles. The number of hydrogen-bond donors (Lipinski definition) is 2. The fourth-order valence-corrected chi connectivity index (χ4v) is 3.83. The van der Waals surface area contributed by atoms with E-state index in [0.717, 1.165) is 18.4 Å². The molecule has 0 unspecified atom stereocenters. The Balaban J connectivity index is 1.73. The number of benzene rings is 1. The first-order chi connectivity index (χ1) is 14.9. The molecule has 1 amide bonds. The van der Waals surface area contributed by atoms with Crippen molar-refractivity contribution in [3.63, 3.8) is 0 Å². The maximum atomic E-state index is 12.8. The number of aromatic nitrogens is 4. The van der Waals surface area contributed by atoms with Crippen molar-refractivity contribution in [2.24, 2.45) is 0 Å². The molecular formula is C22H19N5O4. The highest BCUT2D eigenvalue weighted by Gasteiger charge is 2.33. The summed E-state index contributed by atoms with van der Waals surface area (Å²) in [7, 11) is 0. The van der Waals surface area contributed by atoms with Gasteiger partial charge in [0.2, 0.25) is 0 Å². The Morgan fingerprint density at radius 3 is 2.65 bits per heavy atom. The minimum absolute atomic E-state index is 0.102. The molecule has 0 spiro atoms. The van der Waals surface area contributed by atoms with Gasteiger partial charge in [-0.15, -0.1) is 0 Å². The van der Waals surface area contributed by atoms with Crippen molar-refractivity contribution < 1.29 is 19.2 Å². The van der Waals surface area contributed by atoms with Gasteiger partial charge in [-0.1, -0.05) is 11.2 Å². The largest absolute Gasteiger partial charge is 0.464 e. The molecule has 0 bridgehead atoms. The first kappa shape index (κ1) is 19.0. The van der Waals surface area contributed by atoms with E-state index in [1.807, 2.05) is 6.92 Å². The third-order valence-electron chi connectivity index (χ3n) is 5.39. The van der Waals surface area contributed by atoms with Crippen LogP contribution in [0.15, 0.2) is 41.1 Å². The molecule has 31 heavy (non-hydrogen) atoms. The molecule has 9 nitrogen and oxygen atoms in total. The van der Waals surface area contributed by atoms with Crippen LogP contribution in [0.5, 0.6) is 0 Å². The number of nitrogens with zero attached hydrogens (tertiary/aromatic N) is 4. The van der Waals surface area contributed by atoms with Crippen molar-refractivity contribution in [1.82, 2.24) is 19.7 Å². The Hall–Kier alpha value is -4.01. The highest BCUT2D eigenvalue weighted by atomic mass is 16.5. The first-order valence-electron chi connectivity index (χ1n) is 9.89. The second-order valence-corrected chi connectivity index (χ2v) is 7.62. The van der Waals surface area contributed by atoms with Gasteiger partial charge in [0.15, 0.2) is 0 Å². The van der Waals surface area contributed by atoms with E-state index < -0.39 is 12.0 Å². The summed E-state index contributed by atoms with van der Waals surface area (Å²) in [6.45, 7) is 3.60. The van der Waals surface area contributed by atoms with Crippen LogP contribution in [0.1, 0.15) is 46.5 Å². The smallest absolute Gasteiger partial charge is 0.417 e. The van der Waals surface area contributed by atoms with Crippen LogP contribution in [0.25, 0.3) is 22.2 Å². The highest BCUT2D eigenvalue weighted by molar-refractivity contribution is 6.09. The van der Waals surface area contributed by atoms with Crippen LogP contribution in [0.2, 0.25) is 0 Å². The van der Waals surface area contributed by atoms with E-state index in [2.05, 4.69) is 20.4 Å². The van der Waals surface area contributed by atoms with Gasteiger partial charge in [0.25, 0.3) is 5.91 Å². The van der Waals surface area contributed by atoms with E-state index in [9.17, 15) is 14.7 Å². The predicted molar refractivity (Wildman–Crippen MR) is 112 cm³/mol. The minimum Gasteiger partial charge on any atom is -0.464 e. The van der Waals surface area contributed by atoms with Crippen molar-refractivity contribution in [2.75, 3.05) is 5.32 Å². The summed E-state index contributed by atoms with van der Waals surface area (Å²) in [6.07, 6.45) is 2.21. The quantitative estimate of drug-likeness (QED) is 0.506. The Morgan fingerprint density at radius 1 is 1.23 bits per heavy atom. The fraction of sp³-hybridized carbons (Fsp3) is 0.227. The van der Waals surface area contributed by atoms with E-state index in [1.165, 1.54) is 10.8 Å². The van der Waals surface area contributed by atoms with Gasteiger partial charge < -0.3 is 14.9 Å². The monoisotopic (exact) mass is 417 g/mol. The van der Waals surface area contributed by atoms with Gasteiger partial charge in [-0.25, -0.2) is 14.3 Å². The molecule has 0 saturated heterocycles. The molecule has 4 aromatic rings. The second kappa shape index (κ2) is 7.05. The molecule has 5 rings (SSSR count). The maximum Gasteiger partial charge on any atom is 0.417 e. The van der Waals surface area contributed by atoms with E-state index >= 15 is 0 Å². The van der Waals surface area contributed by atoms with Gasteiger partial charge in [0.05, 0.1) is 16.9 Å². The third-order valence-corrected chi connectivity index (χ3v) is 5.39. The van der Waals surface area contributed by atoms with Crippen LogP contribution in [0.3, 0.4) is 0 Å². The zero-order chi connectivity index (χ0) is 21.7. The predicted octanol–water partition coefficient (Wildman–Crippen LogP) is 4.36. The lowest BCUT2D eigenvalue weighted by Gasteiger charge is -2.10. The summed E-state index contributed by atoms with van der Waals surface area (Å²) >= 11 is 0. The van der Waals surface area contributed by atoms with Gasteiger partial charge >= 0.3 is 6.09 Å². The van der Waals surface area contributed by atoms with Crippen LogP contribution >= 0.6 is 0 Å². The van der Waals surface area contributed by atoms with Gasteiger partial charge in [0, 0.05) is 17.7 Å². The van der Waals surface area contributed by atoms with E-state index in [4.69, 9.17) is 4.52 Å². The summed E-state index contributed by atoms with van der Waals surface area (Å²) in [5.74, 6) is 0.787. The number of imidazole rings is 1. The van der Waals surface area contributed by atoms with Gasteiger partial charge in [-0.3, -0.25) is 9.78 Å². The van der Waals surface area contributed by atoms with Crippen LogP contribution in [-0.2, 0) is 0 Å². The Bertz CT molecular complexity index is 1320. The normalized spacial score (nSPS) is 13.5. The number of aryl methyl sites for hydroxylation is 2. The number of pyridine rings is 1. The molecule has 1 fully saturated rings. The number of amides is 1. The summed E-state index contributed by atoms with van der Waals surface area (Å²) in [5, 5.41) is 16.8. The first-order valence-corrected chi connectivity index (χ1v) is 9.89. The van der Waals surface area contributed by atoms with E-state index in [-0.39, 0.29) is 11.6 Å². The lowest BCUT2D eigenvalue weighted by molar-refractivity contribution is 0.102. The molecule has 156 valence electrons. The molecule has 3 aromatic heterocycles. The van der Waals surface area contributed by atoms with E-state index in [1.54, 1.807) is 37.3 Å². The van der Waals surface area contributed by atoms with E-state index in [0.29, 0.717) is 39.6 Å².